The number of carbonyl (C=O) groups is 1. The molecule has 0 N–H and O–H groups in total. The molecule has 2 aliphatic rings. The number of ether oxygens (including phenoxy) is 3. The molecule has 0 unspecified atom stereocenters. The van der Waals surface area contributed by atoms with Crippen molar-refractivity contribution in [2.75, 3.05) is 27.7 Å². The molecule has 6 nitrogen and oxygen atoms in total. The van der Waals surface area contributed by atoms with Crippen molar-refractivity contribution < 1.29 is 19.0 Å². The van der Waals surface area contributed by atoms with E-state index >= 15 is 0 Å². The lowest BCUT2D eigenvalue weighted by Gasteiger charge is -2.55. The van der Waals surface area contributed by atoms with Gasteiger partial charge in [0.2, 0.25) is 0 Å². The highest BCUT2D eigenvalue weighted by Crippen LogP contribution is 2.50. The minimum Gasteiger partial charge on any atom is -0.364 e. The molecule has 4 atom stereocenters. The predicted octanol–water partition coefficient (Wildman–Crippen LogP) is 3.75. The molecule has 1 aromatic heterocycles. The summed E-state index contributed by atoms with van der Waals surface area (Å²) in [5, 5.41) is 0. The largest absolute Gasteiger partial charge is 0.364 e. The second-order valence-corrected chi connectivity index (χ2v) is 8.93. The number of methoxy groups -OCH3 is 2. The molecule has 1 aliphatic carbocycles. The van der Waals surface area contributed by atoms with Crippen LogP contribution in [-0.4, -0.2) is 55.2 Å². The van der Waals surface area contributed by atoms with Crippen LogP contribution in [0.1, 0.15) is 63.6 Å². The maximum absolute atomic E-state index is 13.2. The van der Waals surface area contributed by atoms with Gasteiger partial charge in [0.1, 0.15) is 13.5 Å². The Kier molecular flexibility index (Phi) is 7.30. The van der Waals surface area contributed by atoms with Gasteiger partial charge in [0.15, 0.2) is 5.60 Å². The summed E-state index contributed by atoms with van der Waals surface area (Å²) < 4.78 is 16.5. The number of amides is 1. The van der Waals surface area contributed by atoms with Gasteiger partial charge in [0.25, 0.3) is 5.91 Å². The average molecular weight is 405 g/mol. The van der Waals surface area contributed by atoms with Crippen LogP contribution in [0.4, 0.5) is 0 Å². The molecule has 1 aromatic rings. The number of hydrogen-bond donors (Lipinski definition) is 0. The summed E-state index contributed by atoms with van der Waals surface area (Å²) in [6.07, 6.45) is 6.96. The molecule has 0 bridgehead atoms. The minimum atomic E-state index is -0.934. The Balaban J connectivity index is 1.82. The lowest BCUT2D eigenvalue weighted by Crippen LogP contribution is -2.76. The molecular weight excluding hydrogens is 368 g/mol. The van der Waals surface area contributed by atoms with E-state index in [1.54, 1.807) is 19.1 Å². The van der Waals surface area contributed by atoms with Crippen molar-refractivity contribution in [1.82, 2.24) is 9.88 Å². The zero-order chi connectivity index (χ0) is 21.0. The standard InChI is InChI=1S/C23H36N2O4/c1-6-7-17-12-20(17)18-8-9-24-19(11-18)13-23(29-15-28-5)21(10-16(2)3)25(14-27-4)22(23)26/h8-9,11,16-17,20-21H,6-7,10,12-15H2,1-5H3/t17-,20-,21-,23-/m0/s1. The summed E-state index contributed by atoms with van der Waals surface area (Å²) in [6.45, 7) is 6.93. The minimum absolute atomic E-state index is 0.0375. The predicted molar refractivity (Wildman–Crippen MR) is 111 cm³/mol. The molecule has 1 amide bonds. The number of hydrogen-bond acceptors (Lipinski definition) is 5. The number of carbonyl (C=O) groups excluding carboxylic acids is 1. The second kappa shape index (κ2) is 9.54. The monoisotopic (exact) mass is 404 g/mol. The quantitative estimate of drug-likeness (QED) is 0.392. The lowest BCUT2D eigenvalue weighted by atomic mass is 9.74. The van der Waals surface area contributed by atoms with Crippen LogP contribution in [0.3, 0.4) is 0 Å². The highest BCUT2D eigenvalue weighted by Gasteiger charge is 2.62. The molecule has 1 aliphatic heterocycles. The average Bonchev–Trinajstić information content (AvgIpc) is 3.47. The summed E-state index contributed by atoms with van der Waals surface area (Å²) in [7, 11) is 3.20. The zero-order valence-corrected chi connectivity index (χ0v) is 18.5. The van der Waals surface area contributed by atoms with Gasteiger partial charge in [-0.2, -0.15) is 0 Å². The summed E-state index contributed by atoms with van der Waals surface area (Å²) in [6, 6.07) is 4.25. The maximum Gasteiger partial charge on any atom is 0.259 e. The van der Waals surface area contributed by atoms with Crippen LogP contribution < -0.4 is 0 Å². The van der Waals surface area contributed by atoms with Gasteiger partial charge in [-0.1, -0.05) is 33.6 Å². The van der Waals surface area contributed by atoms with Crippen molar-refractivity contribution in [2.45, 2.75) is 70.4 Å². The Hall–Kier alpha value is -1.50. The highest BCUT2D eigenvalue weighted by molar-refractivity contribution is 5.93. The third-order valence-corrected chi connectivity index (χ3v) is 6.23. The Morgan fingerprint density at radius 3 is 2.76 bits per heavy atom. The van der Waals surface area contributed by atoms with Gasteiger partial charge in [-0.25, -0.2) is 0 Å². The number of rotatable bonds is 12. The van der Waals surface area contributed by atoms with Crippen LogP contribution >= 0.6 is 0 Å². The van der Waals surface area contributed by atoms with Crippen molar-refractivity contribution in [3.05, 3.63) is 29.6 Å². The van der Waals surface area contributed by atoms with Gasteiger partial charge in [0, 0.05) is 32.5 Å². The zero-order valence-electron chi connectivity index (χ0n) is 18.5. The van der Waals surface area contributed by atoms with Crippen LogP contribution in [0.2, 0.25) is 0 Å². The molecule has 1 saturated heterocycles. The second-order valence-electron chi connectivity index (χ2n) is 8.93. The molecule has 162 valence electrons. The topological polar surface area (TPSA) is 60.9 Å². The molecular formula is C23H36N2O4. The van der Waals surface area contributed by atoms with Gasteiger partial charge in [0.05, 0.1) is 6.04 Å². The number of aromatic nitrogens is 1. The van der Waals surface area contributed by atoms with E-state index in [1.807, 2.05) is 6.20 Å². The van der Waals surface area contributed by atoms with E-state index in [0.29, 0.717) is 18.3 Å². The fraction of sp³-hybridized carbons (Fsp3) is 0.739. The summed E-state index contributed by atoms with van der Waals surface area (Å²) >= 11 is 0. The van der Waals surface area contributed by atoms with E-state index in [2.05, 4.69) is 37.9 Å². The molecule has 6 heteroatoms. The van der Waals surface area contributed by atoms with Crippen LogP contribution in [-0.2, 0) is 25.4 Å². The first-order valence-corrected chi connectivity index (χ1v) is 10.8. The molecule has 0 spiro atoms. The number of likely N-dealkylation sites (tertiary alicyclic amines) is 1. The molecule has 0 aromatic carbocycles. The summed E-state index contributed by atoms with van der Waals surface area (Å²) in [4.78, 5) is 19.5. The smallest absolute Gasteiger partial charge is 0.259 e. The summed E-state index contributed by atoms with van der Waals surface area (Å²) in [5.41, 5.74) is 1.33. The third-order valence-electron chi connectivity index (χ3n) is 6.23. The van der Waals surface area contributed by atoms with Crippen molar-refractivity contribution in [1.29, 1.82) is 0 Å². The number of nitrogens with zero attached hydrogens (tertiary/aromatic N) is 2. The van der Waals surface area contributed by atoms with Gasteiger partial charge >= 0.3 is 0 Å². The molecule has 1 saturated carbocycles. The molecule has 2 fully saturated rings. The van der Waals surface area contributed by atoms with Gasteiger partial charge in [-0.05, 0) is 48.3 Å². The first-order chi connectivity index (χ1) is 14.0. The van der Waals surface area contributed by atoms with Gasteiger partial charge < -0.3 is 19.1 Å². The van der Waals surface area contributed by atoms with Crippen molar-refractivity contribution in [3.8, 4) is 0 Å². The number of β-lactam (4-membered cyclic amide) rings is 1. The van der Waals surface area contributed by atoms with E-state index in [9.17, 15) is 4.79 Å². The van der Waals surface area contributed by atoms with Crippen LogP contribution in [0.5, 0.6) is 0 Å². The van der Waals surface area contributed by atoms with E-state index in [1.165, 1.54) is 24.8 Å². The van der Waals surface area contributed by atoms with E-state index in [-0.39, 0.29) is 25.5 Å². The fourth-order valence-electron chi connectivity index (χ4n) is 4.77. The van der Waals surface area contributed by atoms with E-state index in [4.69, 9.17) is 14.2 Å². The Labute approximate surface area is 174 Å². The molecule has 3 rings (SSSR count). The lowest BCUT2D eigenvalue weighted by molar-refractivity contribution is -0.235. The van der Waals surface area contributed by atoms with Crippen LogP contribution in [0.25, 0.3) is 0 Å². The molecule has 29 heavy (non-hydrogen) atoms. The highest BCUT2D eigenvalue weighted by atomic mass is 16.7. The normalized spacial score (nSPS) is 28.7. The first-order valence-electron chi connectivity index (χ1n) is 10.8. The van der Waals surface area contributed by atoms with E-state index in [0.717, 1.165) is 18.0 Å². The van der Waals surface area contributed by atoms with Gasteiger partial charge in [-0.3, -0.25) is 9.78 Å². The molecule has 0 radical (unpaired) electrons. The Bertz CT molecular complexity index is 695. The maximum atomic E-state index is 13.2. The van der Waals surface area contributed by atoms with E-state index < -0.39 is 5.60 Å². The van der Waals surface area contributed by atoms with Gasteiger partial charge in [-0.15, -0.1) is 0 Å². The Morgan fingerprint density at radius 1 is 1.31 bits per heavy atom. The third kappa shape index (κ3) is 4.65. The SMILES string of the molecule is CCC[C@H]1C[C@@H]1c1ccnc(C[C@@]2(OCOC)C(=O)N(COC)[C@H]2CC(C)C)c1. The first kappa shape index (κ1) is 22.2. The number of pyridine rings is 1. The summed E-state index contributed by atoms with van der Waals surface area (Å²) in [5.74, 6) is 1.83. The van der Waals surface area contributed by atoms with Crippen molar-refractivity contribution >= 4 is 5.91 Å². The van der Waals surface area contributed by atoms with Crippen molar-refractivity contribution in [3.63, 3.8) is 0 Å². The molecule has 2 heterocycles. The van der Waals surface area contributed by atoms with Crippen LogP contribution in [0.15, 0.2) is 18.3 Å². The van der Waals surface area contributed by atoms with Crippen molar-refractivity contribution in [2.24, 2.45) is 11.8 Å². The Morgan fingerprint density at radius 2 is 2.10 bits per heavy atom. The van der Waals surface area contributed by atoms with Crippen LogP contribution in [0, 0.1) is 11.8 Å². The fourth-order valence-corrected chi connectivity index (χ4v) is 4.77.